The van der Waals surface area contributed by atoms with E-state index in [1.807, 2.05) is 62.1 Å². The number of amides is 3. The van der Waals surface area contributed by atoms with Crippen molar-refractivity contribution in [3.05, 3.63) is 66.0 Å². The predicted octanol–water partition coefficient (Wildman–Crippen LogP) is 4.99. The number of pyridine rings is 1. The molecule has 2 aliphatic rings. The van der Waals surface area contributed by atoms with Gasteiger partial charge in [0, 0.05) is 75.5 Å². The van der Waals surface area contributed by atoms with Gasteiger partial charge in [0.05, 0.1) is 0 Å². The molecule has 1 aromatic heterocycles. The number of hydrogen-bond acceptors (Lipinski definition) is 6. The number of nitrogens with one attached hydrogen (secondary N) is 1. The van der Waals surface area contributed by atoms with Crippen molar-refractivity contribution in [3.63, 3.8) is 0 Å². The summed E-state index contributed by atoms with van der Waals surface area (Å²) in [6, 6.07) is 11.6. The summed E-state index contributed by atoms with van der Waals surface area (Å²) in [6.45, 7) is 10.6. The SMILES string of the molecule is CC(C)(C)OC(=O)N1CCN(c2ccc(C(=O)N3CCC(CCCCNC(=O)/C=C/c4cccnc4)CC3)cc2)CC1. The van der Waals surface area contributed by atoms with Crippen LogP contribution in [0, 0.1) is 5.92 Å². The Balaban J connectivity index is 1.11. The average Bonchev–Trinajstić information content (AvgIpc) is 3.00. The number of piperazine rings is 1. The largest absolute Gasteiger partial charge is 0.444 e. The number of piperidine rings is 1. The third kappa shape index (κ3) is 9.60. The maximum absolute atomic E-state index is 13.1. The lowest BCUT2D eigenvalue weighted by Gasteiger charge is -2.37. The summed E-state index contributed by atoms with van der Waals surface area (Å²) in [5, 5.41) is 2.95. The van der Waals surface area contributed by atoms with Gasteiger partial charge in [-0.25, -0.2) is 4.79 Å². The fourth-order valence-electron chi connectivity index (χ4n) is 5.37. The minimum atomic E-state index is -0.494. The summed E-state index contributed by atoms with van der Waals surface area (Å²) in [7, 11) is 0. The number of unbranched alkanes of at least 4 members (excludes halogenated alkanes) is 1. The molecule has 9 nitrogen and oxygen atoms in total. The minimum absolute atomic E-state index is 0.0838. The van der Waals surface area contributed by atoms with E-state index in [4.69, 9.17) is 4.74 Å². The summed E-state index contributed by atoms with van der Waals surface area (Å²) in [4.78, 5) is 47.5. The smallest absolute Gasteiger partial charge is 0.410 e. The molecule has 2 aromatic rings. The van der Waals surface area contributed by atoms with Crippen molar-refractivity contribution in [1.29, 1.82) is 0 Å². The van der Waals surface area contributed by atoms with E-state index in [1.54, 1.807) is 29.4 Å². The average molecular weight is 576 g/mol. The number of benzene rings is 1. The molecule has 2 aliphatic heterocycles. The Kier molecular flexibility index (Phi) is 11.0. The number of aromatic nitrogens is 1. The summed E-state index contributed by atoms with van der Waals surface area (Å²) in [5.74, 6) is 0.633. The summed E-state index contributed by atoms with van der Waals surface area (Å²) in [5.41, 5.74) is 2.19. The molecule has 0 unspecified atom stereocenters. The van der Waals surface area contributed by atoms with E-state index in [9.17, 15) is 14.4 Å². The Morgan fingerprint density at radius 1 is 0.952 bits per heavy atom. The summed E-state index contributed by atoms with van der Waals surface area (Å²) < 4.78 is 5.49. The highest BCUT2D eigenvalue weighted by atomic mass is 16.6. The van der Waals surface area contributed by atoms with E-state index in [0.29, 0.717) is 25.6 Å². The van der Waals surface area contributed by atoms with Gasteiger partial charge in [-0.2, -0.15) is 0 Å². The number of nitrogens with zero attached hydrogens (tertiary/aromatic N) is 4. The number of carbonyl (C=O) groups is 3. The number of anilines is 1. The second-order valence-electron chi connectivity index (χ2n) is 12.1. The van der Waals surface area contributed by atoms with Crippen LogP contribution in [0.3, 0.4) is 0 Å². The lowest BCUT2D eigenvalue weighted by molar-refractivity contribution is -0.116. The minimum Gasteiger partial charge on any atom is -0.444 e. The molecule has 226 valence electrons. The molecule has 42 heavy (non-hydrogen) atoms. The molecule has 0 radical (unpaired) electrons. The Bertz CT molecular complexity index is 1190. The third-order valence-corrected chi connectivity index (χ3v) is 7.76. The fraction of sp³-hybridized carbons (Fsp3) is 0.515. The highest BCUT2D eigenvalue weighted by Gasteiger charge is 2.27. The van der Waals surface area contributed by atoms with E-state index < -0.39 is 5.60 Å². The van der Waals surface area contributed by atoms with Gasteiger partial charge in [0.1, 0.15) is 5.60 Å². The molecule has 0 atom stereocenters. The molecule has 2 saturated heterocycles. The van der Waals surface area contributed by atoms with Crippen molar-refractivity contribution < 1.29 is 19.1 Å². The first-order valence-corrected chi connectivity index (χ1v) is 15.2. The van der Waals surface area contributed by atoms with Crippen LogP contribution in [0.2, 0.25) is 0 Å². The highest BCUT2D eigenvalue weighted by Crippen LogP contribution is 2.25. The maximum Gasteiger partial charge on any atom is 0.410 e. The number of likely N-dealkylation sites (tertiary alicyclic amines) is 1. The van der Waals surface area contributed by atoms with Crippen LogP contribution in [0.1, 0.15) is 68.8 Å². The highest BCUT2D eigenvalue weighted by molar-refractivity contribution is 5.94. The van der Waals surface area contributed by atoms with E-state index in [1.165, 1.54) is 0 Å². The standard InChI is InChI=1S/C33H45N5O4/c1-33(2,3)42-32(41)38-23-21-36(22-24-38)29-12-10-28(11-13-29)31(40)37-19-15-26(16-20-37)7-4-5-18-35-30(39)14-9-27-8-6-17-34-25-27/h6,8-14,17,25-26H,4-5,7,15-16,18-24H2,1-3H3,(H,35,39)/b14-9+. The van der Waals surface area contributed by atoms with Crippen LogP contribution < -0.4 is 10.2 Å². The molecule has 0 bridgehead atoms. The summed E-state index contributed by atoms with van der Waals surface area (Å²) >= 11 is 0. The van der Waals surface area contributed by atoms with Gasteiger partial charge < -0.3 is 24.8 Å². The normalized spacial score (nSPS) is 16.5. The van der Waals surface area contributed by atoms with E-state index in [0.717, 1.165) is 75.1 Å². The Morgan fingerprint density at radius 3 is 2.31 bits per heavy atom. The van der Waals surface area contributed by atoms with Gasteiger partial charge in [0.15, 0.2) is 0 Å². The van der Waals surface area contributed by atoms with Crippen LogP contribution in [0.15, 0.2) is 54.9 Å². The first-order valence-electron chi connectivity index (χ1n) is 15.2. The van der Waals surface area contributed by atoms with Gasteiger partial charge in [-0.3, -0.25) is 14.6 Å². The van der Waals surface area contributed by atoms with Gasteiger partial charge >= 0.3 is 6.09 Å². The Labute approximate surface area is 249 Å². The van der Waals surface area contributed by atoms with Gasteiger partial charge in [-0.1, -0.05) is 18.9 Å². The van der Waals surface area contributed by atoms with E-state index >= 15 is 0 Å². The molecule has 3 amide bonds. The molecular weight excluding hydrogens is 530 g/mol. The van der Waals surface area contributed by atoms with Crippen LogP contribution in [0.5, 0.6) is 0 Å². The molecule has 9 heteroatoms. The first kappa shape index (κ1) is 31.1. The Hall–Kier alpha value is -3.88. The molecule has 3 heterocycles. The lowest BCUT2D eigenvalue weighted by Crippen LogP contribution is -2.50. The molecule has 0 spiro atoms. The van der Waals surface area contributed by atoms with Crippen LogP contribution >= 0.6 is 0 Å². The zero-order valence-electron chi connectivity index (χ0n) is 25.3. The quantitative estimate of drug-likeness (QED) is 0.334. The molecule has 1 aromatic carbocycles. The summed E-state index contributed by atoms with van der Waals surface area (Å²) in [6.07, 6.45) is 11.7. The second kappa shape index (κ2) is 14.8. The molecule has 0 saturated carbocycles. The molecule has 2 fully saturated rings. The van der Waals surface area contributed by atoms with Gasteiger partial charge in [-0.05, 0) is 87.9 Å². The van der Waals surface area contributed by atoms with E-state index in [-0.39, 0.29) is 17.9 Å². The number of rotatable bonds is 9. The predicted molar refractivity (Wildman–Crippen MR) is 165 cm³/mol. The lowest BCUT2D eigenvalue weighted by atomic mass is 9.91. The maximum atomic E-state index is 13.1. The Morgan fingerprint density at radius 2 is 1.67 bits per heavy atom. The van der Waals surface area contributed by atoms with Crippen LogP contribution in [-0.4, -0.2) is 84.1 Å². The third-order valence-electron chi connectivity index (χ3n) is 7.76. The van der Waals surface area contributed by atoms with Gasteiger partial charge in [-0.15, -0.1) is 0 Å². The zero-order chi connectivity index (χ0) is 30.0. The molecule has 0 aliphatic carbocycles. The topological polar surface area (TPSA) is 95.1 Å². The van der Waals surface area contributed by atoms with Crippen molar-refractivity contribution in [2.75, 3.05) is 50.7 Å². The van der Waals surface area contributed by atoms with E-state index in [2.05, 4.69) is 15.2 Å². The van der Waals surface area contributed by atoms with Crippen LogP contribution in [0.4, 0.5) is 10.5 Å². The molecular formula is C33H45N5O4. The van der Waals surface area contributed by atoms with Crippen LogP contribution in [0.25, 0.3) is 6.08 Å². The van der Waals surface area contributed by atoms with Crippen molar-refractivity contribution in [2.24, 2.45) is 5.92 Å². The monoisotopic (exact) mass is 575 g/mol. The van der Waals surface area contributed by atoms with Gasteiger partial charge in [0.2, 0.25) is 5.91 Å². The molecule has 1 N–H and O–H groups in total. The number of hydrogen-bond donors (Lipinski definition) is 1. The molecule has 4 rings (SSSR count). The van der Waals surface area contributed by atoms with Crippen molar-refractivity contribution in [2.45, 2.75) is 58.5 Å². The van der Waals surface area contributed by atoms with Gasteiger partial charge in [0.25, 0.3) is 5.91 Å². The number of carbonyl (C=O) groups excluding carboxylic acids is 3. The second-order valence-corrected chi connectivity index (χ2v) is 12.1. The van der Waals surface area contributed by atoms with Crippen LogP contribution in [-0.2, 0) is 9.53 Å². The van der Waals surface area contributed by atoms with Crippen molar-refractivity contribution in [3.8, 4) is 0 Å². The fourth-order valence-corrected chi connectivity index (χ4v) is 5.37. The van der Waals surface area contributed by atoms with Crippen molar-refractivity contribution in [1.82, 2.24) is 20.1 Å². The zero-order valence-corrected chi connectivity index (χ0v) is 25.3. The first-order chi connectivity index (χ1) is 20.2. The number of ether oxygens (including phenoxy) is 1. The van der Waals surface area contributed by atoms with Crippen molar-refractivity contribution >= 4 is 29.7 Å².